The van der Waals surface area contributed by atoms with Crippen LogP contribution in [0.3, 0.4) is 0 Å². The summed E-state index contributed by atoms with van der Waals surface area (Å²) in [5, 5.41) is 0. The first kappa shape index (κ1) is 12.7. The van der Waals surface area contributed by atoms with Gasteiger partial charge in [-0.05, 0) is 32.9 Å². The van der Waals surface area contributed by atoms with E-state index >= 15 is 0 Å². The van der Waals surface area contributed by atoms with Gasteiger partial charge in [-0.3, -0.25) is 4.79 Å². The molecule has 0 heterocycles. The Morgan fingerprint density at radius 2 is 2.12 bits per heavy atom. The molecule has 0 aliphatic heterocycles. The van der Waals surface area contributed by atoms with Gasteiger partial charge in [0, 0.05) is 12.0 Å². The monoisotopic (exact) mass is 224 g/mol. The minimum absolute atomic E-state index is 0.00345. The highest BCUT2D eigenvalue weighted by molar-refractivity contribution is 5.94. The molecule has 0 aliphatic rings. The van der Waals surface area contributed by atoms with E-state index in [1.165, 1.54) is 20.8 Å². The molecule has 1 aromatic carbocycles. The van der Waals surface area contributed by atoms with Crippen LogP contribution in [0.1, 0.15) is 37.6 Å². The molecule has 0 fully saturated rings. The zero-order valence-corrected chi connectivity index (χ0v) is 9.92. The smallest absolute Gasteiger partial charge is 0.159 e. The minimum Gasteiger partial charge on any atom is -0.493 e. The van der Waals surface area contributed by atoms with Gasteiger partial charge in [0.25, 0.3) is 0 Å². The zero-order valence-electron chi connectivity index (χ0n) is 9.92. The van der Waals surface area contributed by atoms with E-state index in [4.69, 9.17) is 4.74 Å². The molecule has 0 atom stereocenters. The summed E-state index contributed by atoms with van der Waals surface area (Å²) in [6.45, 7) is 4.85. The maximum absolute atomic E-state index is 13.2. The predicted molar refractivity (Wildman–Crippen MR) is 61.7 cm³/mol. The van der Waals surface area contributed by atoms with Gasteiger partial charge in [-0.15, -0.1) is 0 Å². The predicted octanol–water partition coefficient (Wildman–Crippen LogP) is 3.41. The summed E-state index contributed by atoms with van der Waals surface area (Å²) in [5.74, 6) is 0.605. The summed E-state index contributed by atoms with van der Waals surface area (Å²) in [5.41, 5.74) is -0.616. The fourth-order valence-corrected chi connectivity index (χ4v) is 1.22. The van der Waals surface area contributed by atoms with Crippen molar-refractivity contribution in [3.8, 4) is 5.75 Å². The van der Waals surface area contributed by atoms with Gasteiger partial charge in [0.1, 0.15) is 11.4 Å². The third-order valence-electron chi connectivity index (χ3n) is 2.21. The van der Waals surface area contributed by atoms with Crippen LogP contribution in [0, 0.1) is 0 Å². The van der Waals surface area contributed by atoms with E-state index in [9.17, 15) is 9.18 Å². The number of alkyl halides is 1. The number of halogens is 1. The third-order valence-corrected chi connectivity index (χ3v) is 2.21. The van der Waals surface area contributed by atoms with E-state index in [0.717, 1.165) is 0 Å². The van der Waals surface area contributed by atoms with Crippen LogP contribution in [-0.2, 0) is 0 Å². The average Bonchev–Trinajstić information content (AvgIpc) is 2.16. The lowest BCUT2D eigenvalue weighted by Gasteiger charge is -2.14. The SMILES string of the molecule is CC(=O)c1cccc(OCCC(C)(C)F)c1. The van der Waals surface area contributed by atoms with Crippen LogP contribution in [-0.4, -0.2) is 18.1 Å². The number of rotatable bonds is 5. The molecule has 0 radical (unpaired) electrons. The molecule has 0 unspecified atom stereocenters. The van der Waals surface area contributed by atoms with Crippen molar-refractivity contribution in [1.82, 2.24) is 0 Å². The van der Waals surface area contributed by atoms with Gasteiger partial charge in [-0.25, -0.2) is 4.39 Å². The van der Waals surface area contributed by atoms with E-state index in [1.54, 1.807) is 24.3 Å². The van der Waals surface area contributed by atoms with Crippen molar-refractivity contribution in [1.29, 1.82) is 0 Å². The van der Waals surface area contributed by atoms with Crippen molar-refractivity contribution < 1.29 is 13.9 Å². The van der Waals surface area contributed by atoms with Gasteiger partial charge in [-0.2, -0.15) is 0 Å². The van der Waals surface area contributed by atoms with Crippen molar-refractivity contribution in [2.45, 2.75) is 32.9 Å². The van der Waals surface area contributed by atoms with Gasteiger partial charge in [0.15, 0.2) is 5.78 Å². The van der Waals surface area contributed by atoms with Gasteiger partial charge in [0.2, 0.25) is 0 Å². The average molecular weight is 224 g/mol. The Kier molecular flexibility index (Phi) is 4.05. The highest BCUT2D eigenvalue weighted by atomic mass is 19.1. The van der Waals surface area contributed by atoms with Crippen molar-refractivity contribution in [2.24, 2.45) is 0 Å². The summed E-state index contributed by atoms with van der Waals surface area (Å²) in [6.07, 6.45) is 0.331. The lowest BCUT2D eigenvalue weighted by Crippen LogP contribution is -2.16. The standard InChI is InChI=1S/C13H17FO2/c1-10(15)11-5-4-6-12(9-11)16-8-7-13(2,3)14/h4-6,9H,7-8H2,1-3H3. The van der Waals surface area contributed by atoms with Crippen LogP contribution < -0.4 is 4.74 Å². The van der Waals surface area contributed by atoms with E-state index < -0.39 is 5.67 Å². The maximum Gasteiger partial charge on any atom is 0.159 e. The molecule has 0 aliphatic carbocycles. The van der Waals surface area contributed by atoms with Crippen LogP contribution in [0.5, 0.6) is 5.75 Å². The first-order valence-electron chi connectivity index (χ1n) is 5.31. The molecule has 1 aromatic rings. The first-order valence-corrected chi connectivity index (χ1v) is 5.31. The fourth-order valence-electron chi connectivity index (χ4n) is 1.22. The van der Waals surface area contributed by atoms with Crippen LogP contribution in [0.4, 0.5) is 4.39 Å². The Morgan fingerprint density at radius 3 is 2.69 bits per heavy atom. The van der Waals surface area contributed by atoms with Gasteiger partial charge in [0.05, 0.1) is 6.61 Å². The molecule has 0 saturated carbocycles. The molecule has 0 saturated heterocycles. The normalized spacial score (nSPS) is 11.2. The Hall–Kier alpha value is -1.38. The molecule has 2 nitrogen and oxygen atoms in total. The largest absolute Gasteiger partial charge is 0.493 e. The molecule has 0 bridgehead atoms. The Bertz CT molecular complexity index is 366. The second-order valence-corrected chi connectivity index (χ2v) is 4.40. The van der Waals surface area contributed by atoms with Gasteiger partial charge >= 0.3 is 0 Å². The maximum atomic E-state index is 13.2. The molecule has 16 heavy (non-hydrogen) atoms. The fraction of sp³-hybridized carbons (Fsp3) is 0.462. The van der Waals surface area contributed by atoms with Crippen LogP contribution in [0.2, 0.25) is 0 Å². The lowest BCUT2D eigenvalue weighted by molar-refractivity contribution is 0.101. The summed E-state index contributed by atoms with van der Waals surface area (Å²) in [7, 11) is 0. The molecule has 3 heteroatoms. The second kappa shape index (κ2) is 5.10. The topological polar surface area (TPSA) is 26.3 Å². The van der Waals surface area contributed by atoms with Crippen molar-refractivity contribution >= 4 is 5.78 Å². The van der Waals surface area contributed by atoms with E-state index in [0.29, 0.717) is 24.3 Å². The van der Waals surface area contributed by atoms with E-state index in [2.05, 4.69) is 0 Å². The van der Waals surface area contributed by atoms with E-state index in [-0.39, 0.29) is 5.78 Å². The lowest BCUT2D eigenvalue weighted by atomic mass is 10.1. The first-order chi connectivity index (χ1) is 7.38. The van der Waals surface area contributed by atoms with Gasteiger partial charge < -0.3 is 4.74 Å². The summed E-state index contributed by atoms with van der Waals surface area (Å²) >= 11 is 0. The Morgan fingerprint density at radius 1 is 1.44 bits per heavy atom. The van der Waals surface area contributed by atoms with E-state index in [1.807, 2.05) is 0 Å². The number of benzene rings is 1. The van der Waals surface area contributed by atoms with Crippen LogP contribution in [0.15, 0.2) is 24.3 Å². The molecule has 0 amide bonds. The molecule has 0 N–H and O–H groups in total. The molecule has 88 valence electrons. The molecular weight excluding hydrogens is 207 g/mol. The number of hydrogen-bond acceptors (Lipinski definition) is 2. The molecule has 1 rings (SSSR count). The third kappa shape index (κ3) is 4.43. The second-order valence-electron chi connectivity index (χ2n) is 4.40. The van der Waals surface area contributed by atoms with Crippen molar-refractivity contribution in [2.75, 3.05) is 6.61 Å². The minimum atomic E-state index is -1.22. The van der Waals surface area contributed by atoms with Crippen molar-refractivity contribution in [3.63, 3.8) is 0 Å². The highest BCUT2D eigenvalue weighted by Gasteiger charge is 2.15. The Balaban J connectivity index is 2.55. The highest BCUT2D eigenvalue weighted by Crippen LogP contribution is 2.17. The van der Waals surface area contributed by atoms with Crippen LogP contribution in [0.25, 0.3) is 0 Å². The quantitative estimate of drug-likeness (QED) is 0.716. The Labute approximate surface area is 95.4 Å². The molecule has 0 aromatic heterocycles. The molecular formula is C13H17FO2. The summed E-state index contributed by atoms with van der Waals surface area (Å²) in [4.78, 5) is 11.1. The zero-order chi connectivity index (χ0) is 12.2. The summed E-state index contributed by atoms with van der Waals surface area (Å²) in [6, 6.07) is 6.92. The van der Waals surface area contributed by atoms with Gasteiger partial charge in [-0.1, -0.05) is 12.1 Å². The number of carbonyl (C=O) groups is 1. The molecule has 0 spiro atoms. The number of ether oxygens (including phenoxy) is 1. The number of Topliss-reactive ketones (excluding diaryl/α,β-unsaturated/α-hetero) is 1. The summed E-state index contributed by atoms with van der Waals surface area (Å²) < 4.78 is 18.5. The van der Waals surface area contributed by atoms with Crippen molar-refractivity contribution in [3.05, 3.63) is 29.8 Å². The number of carbonyl (C=O) groups excluding carboxylic acids is 1. The number of ketones is 1. The van der Waals surface area contributed by atoms with Crippen LogP contribution >= 0.6 is 0 Å². The number of hydrogen-bond donors (Lipinski definition) is 0.